The molecule has 4 rings (SSSR count). The largest absolute Gasteiger partial charge is 0.458 e. The molecule has 2 aromatic rings. The van der Waals surface area contributed by atoms with Crippen LogP contribution in [0.5, 0.6) is 0 Å². The van der Waals surface area contributed by atoms with Gasteiger partial charge in [-0.05, 0) is 63.8 Å². The minimum absolute atomic E-state index is 0.138. The first kappa shape index (κ1) is 18.7. The molecule has 1 aromatic heterocycles. The van der Waals surface area contributed by atoms with Crippen molar-refractivity contribution in [2.24, 2.45) is 5.92 Å². The van der Waals surface area contributed by atoms with E-state index in [9.17, 15) is 14.0 Å². The number of ether oxygens (including phenoxy) is 1. The molecular formula is C21H24FN3O3. The highest BCUT2D eigenvalue weighted by Gasteiger charge is 2.53. The first-order valence-electron chi connectivity index (χ1n) is 9.70. The number of carbonyl (C=O) groups excluding carboxylic acids is 2. The van der Waals surface area contributed by atoms with Gasteiger partial charge in [-0.15, -0.1) is 0 Å². The van der Waals surface area contributed by atoms with Crippen LogP contribution in [0.15, 0.2) is 24.3 Å². The van der Waals surface area contributed by atoms with Gasteiger partial charge in [0.1, 0.15) is 11.4 Å². The second-order valence-corrected chi connectivity index (χ2v) is 7.76. The molecule has 2 aliphatic rings. The molecule has 1 atom stereocenters. The SMILES string of the molecule is Cc1nn(-c2ccc(F)cc2)c(C)c1CNC(=O)C1CC(=O)OC12CCCC2. The maximum absolute atomic E-state index is 13.2. The Kier molecular flexibility index (Phi) is 4.69. The van der Waals surface area contributed by atoms with E-state index in [1.165, 1.54) is 12.1 Å². The maximum atomic E-state index is 13.2. The maximum Gasteiger partial charge on any atom is 0.307 e. The smallest absolute Gasteiger partial charge is 0.307 e. The fourth-order valence-corrected chi connectivity index (χ4v) is 4.51. The Labute approximate surface area is 163 Å². The molecule has 1 aromatic carbocycles. The summed E-state index contributed by atoms with van der Waals surface area (Å²) in [6.45, 7) is 4.14. The summed E-state index contributed by atoms with van der Waals surface area (Å²) in [7, 11) is 0. The molecule has 1 saturated heterocycles. The zero-order valence-electron chi connectivity index (χ0n) is 16.1. The van der Waals surface area contributed by atoms with Crippen LogP contribution in [-0.4, -0.2) is 27.3 Å². The Morgan fingerprint density at radius 3 is 2.64 bits per heavy atom. The fourth-order valence-electron chi connectivity index (χ4n) is 4.51. The molecule has 1 unspecified atom stereocenters. The van der Waals surface area contributed by atoms with Gasteiger partial charge in [-0.25, -0.2) is 9.07 Å². The summed E-state index contributed by atoms with van der Waals surface area (Å²) in [5.74, 6) is -1.14. The molecule has 1 N–H and O–H groups in total. The summed E-state index contributed by atoms with van der Waals surface area (Å²) in [6, 6.07) is 6.13. The number of hydrogen-bond donors (Lipinski definition) is 1. The number of halogens is 1. The molecule has 2 fully saturated rings. The molecular weight excluding hydrogens is 361 g/mol. The van der Waals surface area contributed by atoms with Gasteiger partial charge in [-0.3, -0.25) is 9.59 Å². The van der Waals surface area contributed by atoms with Crippen molar-refractivity contribution in [3.63, 3.8) is 0 Å². The first-order chi connectivity index (χ1) is 13.4. The predicted octanol–water partition coefficient (Wildman–Crippen LogP) is 3.12. The average molecular weight is 385 g/mol. The van der Waals surface area contributed by atoms with E-state index >= 15 is 0 Å². The Hall–Kier alpha value is -2.70. The normalized spacial score (nSPS) is 20.5. The quantitative estimate of drug-likeness (QED) is 0.821. The lowest BCUT2D eigenvalue weighted by Gasteiger charge is -2.27. The third kappa shape index (κ3) is 3.19. The number of nitrogens with zero attached hydrogens (tertiary/aromatic N) is 2. The standard InChI is InChI=1S/C21H24FN3O3/c1-13-17(14(2)25(24-13)16-7-5-15(22)6-8-16)12-23-20(27)18-11-19(26)28-21(18)9-3-4-10-21/h5-8,18H,3-4,9-12H2,1-2H3,(H,23,27). The Balaban J connectivity index is 1.50. The molecule has 1 saturated carbocycles. The molecule has 0 radical (unpaired) electrons. The number of carbonyl (C=O) groups is 2. The van der Waals surface area contributed by atoms with Crippen molar-refractivity contribution in [1.82, 2.24) is 15.1 Å². The number of aromatic nitrogens is 2. The number of amides is 1. The van der Waals surface area contributed by atoms with Gasteiger partial charge in [0.15, 0.2) is 0 Å². The van der Waals surface area contributed by atoms with Gasteiger partial charge in [-0.1, -0.05) is 0 Å². The third-order valence-corrected chi connectivity index (χ3v) is 6.04. The van der Waals surface area contributed by atoms with Gasteiger partial charge in [0.2, 0.25) is 5.91 Å². The third-order valence-electron chi connectivity index (χ3n) is 6.04. The summed E-state index contributed by atoms with van der Waals surface area (Å²) in [5.41, 5.74) is 2.77. The van der Waals surface area contributed by atoms with Crippen molar-refractivity contribution in [2.75, 3.05) is 0 Å². The van der Waals surface area contributed by atoms with E-state index in [4.69, 9.17) is 4.74 Å². The molecule has 1 spiro atoms. The number of hydrogen-bond acceptors (Lipinski definition) is 4. The van der Waals surface area contributed by atoms with Crippen LogP contribution < -0.4 is 5.32 Å². The highest BCUT2D eigenvalue weighted by molar-refractivity contribution is 5.88. The molecule has 28 heavy (non-hydrogen) atoms. The Bertz CT molecular complexity index is 914. The lowest BCUT2D eigenvalue weighted by molar-refractivity contribution is -0.149. The zero-order chi connectivity index (χ0) is 19.9. The molecule has 2 heterocycles. The molecule has 148 valence electrons. The van der Waals surface area contributed by atoms with Crippen LogP contribution in [0, 0.1) is 25.6 Å². The van der Waals surface area contributed by atoms with E-state index in [-0.39, 0.29) is 24.1 Å². The van der Waals surface area contributed by atoms with Gasteiger partial charge in [0.05, 0.1) is 23.7 Å². The van der Waals surface area contributed by atoms with Crippen molar-refractivity contribution in [3.8, 4) is 5.69 Å². The fraction of sp³-hybridized carbons (Fsp3) is 0.476. The summed E-state index contributed by atoms with van der Waals surface area (Å²) in [5, 5.41) is 7.52. The predicted molar refractivity (Wildman–Crippen MR) is 100 cm³/mol. The van der Waals surface area contributed by atoms with E-state index in [0.717, 1.165) is 48.3 Å². The van der Waals surface area contributed by atoms with Crippen LogP contribution >= 0.6 is 0 Å². The van der Waals surface area contributed by atoms with Gasteiger partial charge < -0.3 is 10.1 Å². The van der Waals surface area contributed by atoms with E-state index in [1.807, 2.05) is 13.8 Å². The summed E-state index contributed by atoms with van der Waals surface area (Å²) < 4.78 is 20.5. The highest BCUT2D eigenvalue weighted by Crippen LogP contribution is 2.45. The second-order valence-electron chi connectivity index (χ2n) is 7.76. The molecule has 6 nitrogen and oxygen atoms in total. The minimum Gasteiger partial charge on any atom is -0.458 e. The van der Waals surface area contributed by atoms with Crippen LogP contribution in [0.1, 0.15) is 49.1 Å². The molecule has 1 aliphatic heterocycles. The van der Waals surface area contributed by atoms with Crippen molar-refractivity contribution in [2.45, 2.75) is 58.1 Å². The summed E-state index contributed by atoms with van der Waals surface area (Å²) >= 11 is 0. The lowest BCUT2D eigenvalue weighted by atomic mass is 9.85. The number of rotatable bonds is 4. The lowest BCUT2D eigenvalue weighted by Crippen LogP contribution is -2.42. The van der Waals surface area contributed by atoms with E-state index in [2.05, 4.69) is 10.4 Å². The number of benzene rings is 1. The van der Waals surface area contributed by atoms with Gasteiger partial charge in [0.25, 0.3) is 0 Å². The Morgan fingerprint density at radius 1 is 1.29 bits per heavy atom. The van der Waals surface area contributed by atoms with Gasteiger partial charge in [0, 0.05) is 17.8 Å². The average Bonchev–Trinajstić information content (AvgIpc) is 3.34. The monoisotopic (exact) mass is 385 g/mol. The van der Waals surface area contributed by atoms with E-state index < -0.39 is 11.5 Å². The Morgan fingerprint density at radius 2 is 1.96 bits per heavy atom. The number of esters is 1. The minimum atomic E-state index is -0.608. The topological polar surface area (TPSA) is 73.2 Å². The molecule has 0 bridgehead atoms. The summed E-state index contributed by atoms with van der Waals surface area (Å²) in [4.78, 5) is 24.7. The zero-order valence-corrected chi connectivity index (χ0v) is 16.1. The van der Waals surface area contributed by atoms with Crippen LogP contribution in [0.3, 0.4) is 0 Å². The van der Waals surface area contributed by atoms with Gasteiger partial charge in [-0.2, -0.15) is 5.10 Å². The number of aryl methyl sites for hydroxylation is 1. The summed E-state index contributed by atoms with van der Waals surface area (Å²) in [6.07, 6.45) is 3.65. The van der Waals surface area contributed by atoms with Crippen molar-refractivity contribution < 1.29 is 18.7 Å². The van der Waals surface area contributed by atoms with E-state index in [0.29, 0.717) is 6.54 Å². The van der Waals surface area contributed by atoms with Crippen LogP contribution in [0.25, 0.3) is 5.69 Å². The van der Waals surface area contributed by atoms with Crippen LogP contribution in [-0.2, 0) is 20.9 Å². The van der Waals surface area contributed by atoms with E-state index in [1.54, 1.807) is 16.8 Å². The van der Waals surface area contributed by atoms with Crippen molar-refractivity contribution in [1.29, 1.82) is 0 Å². The second kappa shape index (κ2) is 7.04. The van der Waals surface area contributed by atoms with Gasteiger partial charge >= 0.3 is 5.97 Å². The molecule has 1 aliphatic carbocycles. The van der Waals surface area contributed by atoms with Crippen molar-refractivity contribution in [3.05, 3.63) is 47.0 Å². The molecule has 1 amide bonds. The van der Waals surface area contributed by atoms with Crippen LogP contribution in [0.4, 0.5) is 4.39 Å². The number of nitrogens with one attached hydrogen (secondary N) is 1. The first-order valence-corrected chi connectivity index (χ1v) is 9.70. The highest BCUT2D eigenvalue weighted by atomic mass is 19.1. The van der Waals surface area contributed by atoms with Crippen LogP contribution in [0.2, 0.25) is 0 Å². The van der Waals surface area contributed by atoms with Crippen molar-refractivity contribution >= 4 is 11.9 Å². The molecule has 7 heteroatoms.